The van der Waals surface area contributed by atoms with Crippen molar-refractivity contribution in [2.45, 2.75) is 34.3 Å². The maximum atomic E-state index is 15.1. The molecule has 2 atom stereocenters. The maximum absolute atomic E-state index is 15.1. The van der Waals surface area contributed by atoms with Gasteiger partial charge in [0, 0.05) is 26.9 Å². The lowest BCUT2D eigenvalue weighted by atomic mass is 9.87. The summed E-state index contributed by atoms with van der Waals surface area (Å²) in [4.78, 5) is 10.7. The summed E-state index contributed by atoms with van der Waals surface area (Å²) >= 11 is 0.994. The molecule has 0 bridgehead atoms. The lowest BCUT2D eigenvalue weighted by molar-refractivity contribution is -0.389. The third-order valence-corrected chi connectivity index (χ3v) is 7.43. The highest BCUT2D eigenvalue weighted by atomic mass is 127. The average molecular weight is 710 g/mol. The number of anilines is 2. The van der Waals surface area contributed by atoms with Gasteiger partial charge in [0.05, 0.1) is 10.6 Å². The molecule has 2 aromatic carbocycles. The Morgan fingerprint density at radius 1 is 0.897 bits per heavy atom. The zero-order valence-corrected chi connectivity index (χ0v) is 21.4. The van der Waals surface area contributed by atoms with Gasteiger partial charge in [0.25, 0.3) is 0 Å². The first-order chi connectivity index (χ1) is 17.6. The number of amides is 1. The van der Waals surface area contributed by atoms with Crippen molar-refractivity contribution in [3.63, 3.8) is 0 Å². The average Bonchev–Trinajstić information content (AvgIpc) is 2.79. The van der Waals surface area contributed by atoms with Gasteiger partial charge in [-0.25, -0.2) is 8.60 Å². The van der Waals surface area contributed by atoms with Crippen LogP contribution < -0.4 is 10.6 Å². The highest BCUT2D eigenvalue weighted by molar-refractivity contribution is 14.1. The second-order valence-corrected chi connectivity index (χ2v) is 10.5. The number of primary amides is 1. The van der Waals surface area contributed by atoms with Crippen LogP contribution in [0.3, 0.4) is 0 Å². The van der Waals surface area contributed by atoms with Gasteiger partial charge in [-0.15, -0.1) is 0 Å². The van der Waals surface area contributed by atoms with Gasteiger partial charge in [0.15, 0.2) is 10.8 Å². The number of hydrogen-bond acceptors (Lipinski definition) is 3. The number of benzene rings is 2. The molecular formula is C21H11F12IN2O2S. The quantitative estimate of drug-likeness (QED) is 0.266. The Bertz CT molecular complexity index is 1370. The van der Waals surface area contributed by atoms with Gasteiger partial charge in [-0.05, 0) is 52.4 Å². The molecule has 0 saturated heterocycles. The first-order valence-corrected chi connectivity index (χ1v) is 12.2. The van der Waals surface area contributed by atoms with E-state index in [0.29, 0.717) is 0 Å². The van der Waals surface area contributed by atoms with Crippen molar-refractivity contribution in [1.82, 2.24) is 0 Å². The van der Waals surface area contributed by atoms with Crippen LogP contribution in [0.5, 0.6) is 0 Å². The number of alkyl halides is 12. The number of nitrogens with two attached hydrogens (primary N) is 1. The molecule has 1 amide bonds. The SMILES string of the molecule is NC(=O)c1ccc2c(c1)N(c1c(I)cc(C(F)(C(F)(F)F)C(F)(F)C(F)(F)F)cc1S(=O)C(F)(F)F)CC=C2. The number of carbonyl (C=O) groups excluding carboxylic acids is 1. The van der Waals surface area contributed by atoms with Crippen molar-refractivity contribution in [3.05, 3.63) is 56.7 Å². The zero-order chi connectivity index (χ0) is 29.9. The molecule has 0 spiro atoms. The molecule has 214 valence electrons. The van der Waals surface area contributed by atoms with Crippen LogP contribution in [-0.2, 0) is 16.5 Å². The number of nitrogens with zero attached hydrogens (tertiary/aromatic N) is 1. The molecule has 0 fully saturated rings. The third-order valence-electron chi connectivity index (χ3n) is 5.48. The molecule has 39 heavy (non-hydrogen) atoms. The lowest BCUT2D eigenvalue weighted by Gasteiger charge is -2.37. The van der Waals surface area contributed by atoms with Gasteiger partial charge in [-0.2, -0.15) is 48.3 Å². The highest BCUT2D eigenvalue weighted by Gasteiger charge is 2.81. The normalized spacial score (nSPS) is 17.0. The van der Waals surface area contributed by atoms with E-state index in [1.807, 2.05) is 0 Å². The smallest absolute Gasteiger partial charge is 0.366 e. The van der Waals surface area contributed by atoms with E-state index in [9.17, 15) is 57.3 Å². The van der Waals surface area contributed by atoms with Crippen LogP contribution >= 0.6 is 22.6 Å². The molecule has 2 aromatic rings. The second-order valence-electron chi connectivity index (χ2n) is 7.90. The fraction of sp³-hybridized carbons (Fsp3) is 0.286. The zero-order valence-electron chi connectivity index (χ0n) is 18.4. The van der Waals surface area contributed by atoms with Crippen LogP contribution in [0.1, 0.15) is 21.5 Å². The summed E-state index contributed by atoms with van der Waals surface area (Å²) in [6.07, 6.45) is -11.4. The van der Waals surface area contributed by atoms with Crippen LogP contribution in [0.4, 0.5) is 64.1 Å². The predicted molar refractivity (Wildman–Crippen MR) is 122 cm³/mol. The Kier molecular flexibility index (Phi) is 7.83. The van der Waals surface area contributed by atoms with Crippen LogP contribution in [0.15, 0.2) is 41.3 Å². The van der Waals surface area contributed by atoms with Crippen molar-refractivity contribution in [1.29, 1.82) is 0 Å². The van der Waals surface area contributed by atoms with Crippen molar-refractivity contribution in [3.8, 4) is 0 Å². The van der Waals surface area contributed by atoms with E-state index in [1.165, 1.54) is 24.3 Å². The molecule has 2 N–H and O–H groups in total. The van der Waals surface area contributed by atoms with E-state index in [0.717, 1.165) is 33.6 Å². The number of carbonyl (C=O) groups is 1. The monoisotopic (exact) mass is 710 g/mol. The molecule has 2 unspecified atom stereocenters. The van der Waals surface area contributed by atoms with Crippen LogP contribution in [0.2, 0.25) is 0 Å². The first kappa shape index (κ1) is 31.0. The molecule has 1 heterocycles. The van der Waals surface area contributed by atoms with Crippen molar-refractivity contribution in [2.75, 3.05) is 11.4 Å². The molecule has 1 aliphatic rings. The second kappa shape index (κ2) is 9.84. The molecule has 4 nitrogen and oxygen atoms in total. The molecule has 1 aliphatic heterocycles. The van der Waals surface area contributed by atoms with E-state index < -0.39 is 78.5 Å². The van der Waals surface area contributed by atoms with Crippen LogP contribution in [0.25, 0.3) is 6.08 Å². The molecular weight excluding hydrogens is 699 g/mol. The summed E-state index contributed by atoms with van der Waals surface area (Å²) < 4.78 is 175. The summed E-state index contributed by atoms with van der Waals surface area (Å²) in [5.74, 6) is -8.17. The molecule has 3 rings (SSSR count). The number of hydrogen-bond donors (Lipinski definition) is 1. The van der Waals surface area contributed by atoms with Crippen molar-refractivity contribution < 1.29 is 61.7 Å². The highest BCUT2D eigenvalue weighted by Crippen LogP contribution is 2.59. The van der Waals surface area contributed by atoms with Crippen molar-refractivity contribution >= 4 is 56.7 Å². The van der Waals surface area contributed by atoms with E-state index in [1.54, 1.807) is 0 Å². The van der Waals surface area contributed by atoms with Gasteiger partial charge in [-0.1, -0.05) is 18.2 Å². The molecule has 18 heteroatoms. The van der Waals surface area contributed by atoms with Crippen LogP contribution in [-0.4, -0.2) is 40.4 Å². The number of rotatable bonds is 5. The maximum Gasteiger partial charge on any atom is 0.475 e. The topological polar surface area (TPSA) is 63.4 Å². The first-order valence-electron chi connectivity index (χ1n) is 9.96. The largest absolute Gasteiger partial charge is 0.475 e. The molecule has 0 radical (unpaired) electrons. The standard InChI is InChI=1S/C21H11F12IN2O2S/c22-17(19(25,26)27,18(23,24)20(28,29)30)11-7-12(34)15(14(8-11)39(38)21(31,32)33)36-5-1-2-9-3-4-10(16(35)37)6-13(9)36/h1-4,6-8H,5H2,(H2,35,37). The number of fused-ring (bicyclic) bond motifs is 1. The third kappa shape index (κ3) is 5.20. The van der Waals surface area contributed by atoms with Gasteiger partial charge in [0.1, 0.15) is 0 Å². The Morgan fingerprint density at radius 3 is 1.97 bits per heavy atom. The fourth-order valence-corrected chi connectivity index (χ4v) is 5.67. The minimum atomic E-state index is -7.17. The minimum Gasteiger partial charge on any atom is -0.366 e. The summed E-state index contributed by atoms with van der Waals surface area (Å²) in [6, 6.07) is 2.83. The molecule has 0 aliphatic carbocycles. The van der Waals surface area contributed by atoms with E-state index in [2.05, 4.69) is 0 Å². The Labute approximate surface area is 226 Å². The van der Waals surface area contributed by atoms with E-state index >= 15 is 4.39 Å². The lowest BCUT2D eigenvalue weighted by Crippen LogP contribution is -2.59. The molecule has 0 aromatic heterocycles. The van der Waals surface area contributed by atoms with E-state index in [4.69, 9.17) is 5.73 Å². The Morgan fingerprint density at radius 2 is 1.49 bits per heavy atom. The Balaban J connectivity index is 2.43. The predicted octanol–water partition coefficient (Wildman–Crippen LogP) is 7.11. The van der Waals surface area contributed by atoms with Crippen LogP contribution in [0, 0.1) is 3.57 Å². The van der Waals surface area contributed by atoms with Gasteiger partial charge >= 0.3 is 29.5 Å². The molecule has 0 saturated carbocycles. The van der Waals surface area contributed by atoms with Gasteiger partial charge in [-0.3, -0.25) is 4.79 Å². The summed E-state index contributed by atoms with van der Waals surface area (Å²) in [7, 11) is -4.36. The number of halogens is 13. The minimum absolute atomic E-state index is 0.108. The Hall–Kier alpha value is -2.51. The van der Waals surface area contributed by atoms with Gasteiger partial charge in [0.2, 0.25) is 5.91 Å². The summed E-state index contributed by atoms with van der Waals surface area (Å²) in [5, 5.41) is 0. The summed E-state index contributed by atoms with van der Waals surface area (Å²) in [5.41, 5.74) is -10.6. The van der Waals surface area contributed by atoms with Gasteiger partial charge < -0.3 is 10.6 Å². The summed E-state index contributed by atoms with van der Waals surface area (Å²) in [6.45, 7) is -0.397. The fourth-order valence-electron chi connectivity index (χ4n) is 3.69. The van der Waals surface area contributed by atoms with Crippen molar-refractivity contribution in [2.24, 2.45) is 5.73 Å². The van der Waals surface area contributed by atoms with E-state index in [-0.39, 0.29) is 22.9 Å².